The lowest BCUT2D eigenvalue weighted by Gasteiger charge is -2.10. The van der Waals surface area contributed by atoms with E-state index in [-0.39, 0.29) is 6.03 Å². The summed E-state index contributed by atoms with van der Waals surface area (Å²) in [6.45, 7) is 0.715. The van der Waals surface area contributed by atoms with Crippen molar-refractivity contribution in [3.8, 4) is 5.75 Å². The number of carbonyl (C=O) groups excluding carboxylic acids is 1. The van der Waals surface area contributed by atoms with Crippen LogP contribution >= 0.6 is 0 Å². The fourth-order valence-electron chi connectivity index (χ4n) is 3.11. The van der Waals surface area contributed by atoms with Crippen LogP contribution in [0, 0.1) is 0 Å². The predicted octanol–water partition coefficient (Wildman–Crippen LogP) is 4.33. The van der Waals surface area contributed by atoms with Crippen LogP contribution in [-0.4, -0.2) is 34.6 Å². The van der Waals surface area contributed by atoms with Crippen LogP contribution < -0.4 is 20.7 Å². The molecule has 156 valence electrons. The molecular formula is C23H22N6O2. The van der Waals surface area contributed by atoms with Crippen LogP contribution in [0.2, 0.25) is 0 Å². The summed E-state index contributed by atoms with van der Waals surface area (Å²) in [6, 6.07) is 16.7. The Balaban J connectivity index is 1.31. The van der Waals surface area contributed by atoms with Crippen molar-refractivity contribution in [2.24, 2.45) is 0 Å². The van der Waals surface area contributed by atoms with Gasteiger partial charge in [-0.2, -0.15) is 0 Å². The second-order valence-electron chi connectivity index (χ2n) is 6.80. The fraction of sp³-hybridized carbons (Fsp3) is 0.130. The Kier molecular flexibility index (Phi) is 6.18. The highest BCUT2D eigenvalue weighted by atomic mass is 16.5. The number of ether oxygens (including phenoxy) is 1. The number of urea groups is 1. The number of pyridine rings is 1. The Labute approximate surface area is 179 Å². The molecule has 0 radical (unpaired) electrons. The Morgan fingerprint density at radius 2 is 1.84 bits per heavy atom. The highest BCUT2D eigenvalue weighted by Gasteiger charge is 2.06. The van der Waals surface area contributed by atoms with Gasteiger partial charge in [-0.1, -0.05) is 12.1 Å². The van der Waals surface area contributed by atoms with E-state index in [0.717, 1.165) is 34.5 Å². The van der Waals surface area contributed by atoms with Crippen molar-refractivity contribution < 1.29 is 9.53 Å². The lowest BCUT2D eigenvalue weighted by atomic mass is 10.1. The van der Waals surface area contributed by atoms with Gasteiger partial charge in [-0.25, -0.2) is 14.8 Å². The maximum Gasteiger partial charge on any atom is 0.323 e. The molecule has 0 fully saturated rings. The SMILES string of the molecule is COc1ccc2c(NCCc3ccc(NC(=O)Nc4cccnc4)cc3)ncnc2c1. The van der Waals surface area contributed by atoms with Gasteiger partial charge in [0, 0.05) is 29.9 Å². The molecular weight excluding hydrogens is 392 g/mol. The number of amides is 2. The normalized spacial score (nSPS) is 10.5. The van der Waals surface area contributed by atoms with Gasteiger partial charge in [0.1, 0.15) is 17.9 Å². The summed E-state index contributed by atoms with van der Waals surface area (Å²) in [4.78, 5) is 24.7. The molecule has 0 aliphatic carbocycles. The van der Waals surface area contributed by atoms with Gasteiger partial charge in [0.05, 0.1) is 24.5 Å². The molecule has 0 saturated carbocycles. The second kappa shape index (κ2) is 9.53. The van der Waals surface area contributed by atoms with Gasteiger partial charge in [0.25, 0.3) is 0 Å². The van der Waals surface area contributed by atoms with Crippen molar-refractivity contribution in [2.75, 3.05) is 29.6 Å². The highest BCUT2D eigenvalue weighted by molar-refractivity contribution is 5.99. The van der Waals surface area contributed by atoms with Gasteiger partial charge in [0.15, 0.2) is 0 Å². The molecule has 0 aliphatic heterocycles. The number of carbonyl (C=O) groups is 1. The molecule has 8 heteroatoms. The first-order valence-corrected chi connectivity index (χ1v) is 9.81. The van der Waals surface area contributed by atoms with E-state index < -0.39 is 0 Å². The summed E-state index contributed by atoms with van der Waals surface area (Å²) >= 11 is 0. The smallest absolute Gasteiger partial charge is 0.323 e. The zero-order chi connectivity index (χ0) is 21.5. The summed E-state index contributed by atoms with van der Waals surface area (Å²) < 4.78 is 5.25. The summed E-state index contributed by atoms with van der Waals surface area (Å²) in [5.74, 6) is 1.55. The molecule has 2 aromatic heterocycles. The van der Waals surface area contributed by atoms with E-state index in [4.69, 9.17) is 4.74 Å². The molecule has 8 nitrogen and oxygen atoms in total. The van der Waals surface area contributed by atoms with E-state index in [1.807, 2.05) is 42.5 Å². The Hall–Kier alpha value is -4.20. The largest absolute Gasteiger partial charge is 0.497 e. The first kappa shape index (κ1) is 20.1. The summed E-state index contributed by atoms with van der Waals surface area (Å²) in [5, 5.41) is 9.86. The highest BCUT2D eigenvalue weighted by Crippen LogP contribution is 2.23. The molecule has 31 heavy (non-hydrogen) atoms. The van der Waals surface area contributed by atoms with Crippen molar-refractivity contribution >= 4 is 34.1 Å². The number of hydrogen-bond donors (Lipinski definition) is 3. The molecule has 2 aromatic carbocycles. The predicted molar refractivity (Wildman–Crippen MR) is 122 cm³/mol. The third kappa shape index (κ3) is 5.24. The number of benzene rings is 2. The minimum Gasteiger partial charge on any atom is -0.497 e. The monoisotopic (exact) mass is 414 g/mol. The molecule has 4 rings (SSSR count). The quantitative estimate of drug-likeness (QED) is 0.416. The van der Waals surface area contributed by atoms with Crippen LogP contribution in [0.4, 0.5) is 22.0 Å². The first-order chi connectivity index (χ1) is 15.2. The Bertz CT molecular complexity index is 1170. The third-order valence-corrected chi connectivity index (χ3v) is 4.68. The number of aromatic nitrogens is 3. The Morgan fingerprint density at radius 3 is 2.61 bits per heavy atom. The minimum absolute atomic E-state index is 0.310. The van der Waals surface area contributed by atoms with Crippen LogP contribution in [0.5, 0.6) is 5.75 Å². The molecule has 4 aromatic rings. The van der Waals surface area contributed by atoms with Crippen LogP contribution in [0.3, 0.4) is 0 Å². The van der Waals surface area contributed by atoms with Crippen LogP contribution in [0.15, 0.2) is 73.3 Å². The molecule has 0 atom stereocenters. The molecule has 3 N–H and O–H groups in total. The molecule has 0 saturated heterocycles. The van der Waals surface area contributed by atoms with Gasteiger partial charge in [0.2, 0.25) is 0 Å². The number of hydrogen-bond acceptors (Lipinski definition) is 6. The van der Waals surface area contributed by atoms with Gasteiger partial charge in [-0.3, -0.25) is 4.98 Å². The van der Waals surface area contributed by atoms with E-state index in [2.05, 4.69) is 30.9 Å². The number of methoxy groups -OCH3 is 1. The fourth-order valence-corrected chi connectivity index (χ4v) is 3.11. The molecule has 0 aliphatic rings. The maximum absolute atomic E-state index is 12.1. The second-order valence-corrected chi connectivity index (χ2v) is 6.80. The Morgan fingerprint density at radius 1 is 1.00 bits per heavy atom. The lowest BCUT2D eigenvalue weighted by Crippen LogP contribution is -2.19. The molecule has 2 heterocycles. The number of nitrogens with one attached hydrogen (secondary N) is 3. The number of nitrogens with zero attached hydrogens (tertiary/aromatic N) is 3. The van der Waals surface area contributed by atoms with Gasteiger partial charge in [-0.05, 0) is 48.4 Å². The average Bonchev–Trinajstić information content (AvgIpc) is 2.80. The van der Waals surface area contributed by atoms with Crippen molar-refractivity contribution in [2.45, 2.75) is 6.42 Å². The third-order valence-electron chi connectivity index (χ3n) is 4.68. The maximum atomic E-state index is 12.1. The van der Waals surface area contributed by atoms with Gasteiger partial charge in [-0.15, -0.1) is 0 Å². The number of fused-ring (bicyclic) bond motifs is 1. The van der Waals surface area contributed by atoms with E-state index in [9.17, 15) is 4.79 Å². The van der Waals surface area contributed by atoms with Crippen molar-refractivity contribution in [1.29, 1.82) is 0 Å². The van der Waals surface area contributed by atoms with Crippen molar-refractivity contribution in [3.05, 3.63) is 78.9 Å². The topological polar surface area (TPSA) is 101 Å². The van der Waals surface area contributed by atoms with Crippen molar-refractivity contribution in [3.63, 3.8) is 0 Å². The summed E-state index contributed by atoms with van der Waals surface area (Å²) in [7, 11) is 1.63. The lowest BCUT2D eigenvalue weighted by molar-refractivity contribution is 0.262. The van der Waals surface area contributed by atoms with E-state index >= 15 is 0 Å². The van der Waals surface area contributed by atoms with Crippen LogP contribution in [-0.2, 0) is 6.42 Å². The van der Waals surface area contributed by atoms with E-state index in [1.165, 1.54) is 0 Å². The molecule has 0 spiro atoms. The van der Waals surface area contributed by atoms with Crippen molar-refractivity contribution in [1.82, 2.24) is 15.0 Å². The minimum atomic E-state index is -0.310. The van der Waals surface area contributed by atoms with Gasteiger partial charge >= 0.3 is 6.03 Å². The van der Waals surface area contributed by atoms with E-state index in [1.54, 1.807) is 38.0 Å². The molecule has 0 unspecified atom stereocenters. The zero-order valence-electron chi connectivity index (χ0n) is 17.0. The van der Waals surface area contributed by atoms with E-state index in [0.29, 0.717) is 17.9 Å². The first-order valence-electron chi connectivity index (χ1n) is 9.81. The zero-order valence-corrected chi connectivity index (χ0v) is 17.0. The average molecular weight is 414 g/mol. The summed E-state index contributed by atoms with van der Waals surface area (Å²) in [5.41, 5.74) is 3.33. The van der Waals surface area contributed by atoms with Gasteiger partial charge < -0.3 is 20.7 Å². The number of rotatable bonds is 7. The number of anilines is 3. The molecule has 2 amide bonds. The van der Waals surface area contributed by atoms with Crippen LogP contribution in [0.1, 0.15) is 5.56 Å². The standard InChI is InChI=1S/C23H22N6O2/c1-31-19-8-9-20-21(13-19)26-15-27-22(20)25-12-10-16-4-6-17(7-5-16)28-23(30)29-18-3-2-11-24-14-18/h2-9,11,13-15H,10,12H2,1H3,(H,25,26,27)(H2,28,29,30). The van der Waals surface area contributed by atoms with Crippen LogP contribution in [0.25, 0.3) is 10.9 Å². The molecule has 0 bridgehead atoms. The summed E-state index contributed by atoms with van der Waals surface area (Å²) in [6.07, 6.45) is 5.60.